The van der Waals surface area contributed by atoms with E-state index in [0.29, 0.717) is 11.5 Å². The van der Waals surface area contributed by atoms with Gasteiger partial charge in [0.05, 0.1) is 5.69 Å². The van der Waals surface area contributed by atoms with E-state index in [-0.39, 0.29) is 23.6 Å². The van der Waals surface area contributed by atoms with Gasteiger partial charge in [-0.25, -0.2) is 4.39 Å². The highest BCUT2D eigenvalue weighted by molar-refractivity contribution is 6.44. The molecule has 0 bridgehead atoms. The molecule has 3 aromatic rings. The SMILES string of the molecule is CC(=O)C1CC(C(=O)Nc2ccc(F)c(-n3nnnc3C)c2)=NN1c1ccccc1. The summed E-state index contributed by atoms with van der Waals surface area (Å²) in [7, 11) is 0. The van der Waals surface area contributed by atoms with Crippen LogP contribution in [0.15, 0.2) is 53.6 Å². The molecule has 0 saturated heterocycles. The maximum Gasteiger partial charge on any atom is 0.271 e. The number of hydrogen-bond acceptors (Lipinski definition) is 7. The van der Waals surface area contributed by atoms with Gasteiger partial charge >= 0.3 is 0 Å². The summed E-state index contributed by atoms with van der Waals surface area (Å²) in [5, 5.41) is 19.6. The topological polar surface area (TPSA) is 105 Å². The van der Waals surface area contributed by atoms with E-state index in [2.05, 4.69) is 25.9 Å². The molecule has 152 valence electrons. The molecule has 1 aromatic heterocycles. The normalized spacial score (nSPS) is 15.8. The van der Waals surface area contributed by atoms with E-state index in [1.165, 1.54) is 29.8 Å². The Kier molecular flexibility index (Phi) is 5.05. The molecule has 30 heavy (non-hydrogen) atoms. The van der Waals surface area contributed by atoms with Gasteiger partial charge in [-0.3, -0.25) is 14.6 Å². The number of halogens is 1. The standard InChI is InChI=1S/C20H18FN7O2/c1-12(29)18-11-17(24-28(18)15-6-4-3-5-7-15)20(30)22-14-8-9-16(21)19(10-14)27-13(2)23-25-26-27/h3-10,18H,11H2,1-2H3,(H,22,30). The number of hydrogen-bond donors (Lipinski definition) is 1. The molecule has 1 amide bonds. The third-order valence-corrected chi connectivity index (χ3v) is 4.72. The van der Waals surface area contributed by atoms with Gasteiger partial charge in [-0.05, 0) is 54.6 Å². The molecule has 2 aromatic carbocycles. The van der Waals surface area contributed by atoms with Crippen molar-refractivity contribution in [3.8, 4) is 5.69 Å². The van der Waals surface area contributed by atoms with Crippen molar-refractivity contribution in [3.05, 3.63) is 60.2 Å². The van der Waals surface area contributed by atoms with E-state index in [9.17, 15) is 14.0 Å². The number of amides is 1. The Balaban J connectivity index is 1.58. The second-order valence-electron chi connectivity index (χ2n) is 6.82. The van der Waals surface area contributed by atoms with Gasteiger partial charge in [-0.2, -0.15) is 9.78 Å². The maximum atomic E-state index is 14.2. The van der Waals surface area contributed by atoms with E-state index in [0.717, 1.165) is 5.69 Å². The average molecular weight is 407 g/mol. The summed E-state index contributed by atoms with van der Waals surface area (Å²) in [6.45, 7) is 3.11. The van der Waals surface area contributed by atoms with E-state index >= 15 is 0 Å². The fourth-order valence-corrected chi connectivity index (χ4v) is 3.19. The van der Waals surface area contributed by atoms with E-state index < -0.39 is 17.8 Å². The molecule has 1 aliphatic rings. The van der Waals surface area contributed by atoms with Gasteiger partial charge in [0.25, 0.3) is 5.91 Å². The second kappa shape index (κ2) is 7.82. The first-order chi connectivity index (χ1) is 14.4. The minimum Gasteiger partial charge on any atom is -0.321 e. The third-order valence-electron chi connectivity index (χ3n) is 4.72. The Bertz CT molecular complexity index is 1140. The quantitative estimate of drug-likeness (QED) is 0.696. The number of carbonyl (C=O) groups excluding carboxylic acids is 2. The molecule has 0 aliphatic carbocycles. The molecule has 1 N–H and O–H groups in total. The molecule has 0 spiro atoms. The monoisotopic (exact) mass is 407 g/mol. The zero-order valence-electron chi connectivity index (χ0n) is 16.3. The van der Waals surface area contributed by atoms with Crippen LogP contribution in [0, 0.1) is 12.7 Å². The lowest BCUT2D eigenvalue weighted by atomic mass is 10.1. The lowest BCUT2D eigenvalue weighted by molar-refractivity contribution is -0.118. The highest BCUT2D eigenvalue weighted by Gasteiger charge is 2.34. The molecule has 1 atom stereocenters. The predicted octanol–water partition coefficient (Wildman–Crippen LogP) is 2.27. The number of aryl methyl sites for hydroxylation is 1. The van der Waals surface area contributed by atoms with Gasteiger partial charge in [-0.15, -0.1) is 5.10 Å². The number of para-hydroxylation sites is 1. The van der Waals surface area contributed by atoms with Crippen molar-refractivity contribution in [2.75, 3.05) is 10.3 Å². The maximum absolute atomic E-state index is 14.2. The fraction of sp³-hybridized carbons (Fsp3) is 0.200. The van der Waals surface area contributed by atoms with Crippen molar-refractivity contribution in [3.63, 3.8) is 0 Å². The molecule has 1 aliphatic heterocycles. The molecular formula is C20H18FN7O2. The van der Waals surface area contributed by atoms with Crippen molar-refractivity contribution in [1.82, 2.24) is 20.2 Å². The summed E-state index contributed by atoms with van der Waals surface area (Å²) in [4.78, 5) is 24.9. The number of hydrazone groups is 1. The largest absolute Gasteiger partial charge is 0.321 e. The number of aromatic nitrogens is 4. The van der Waals surface area contributed by atoms with Crippen LogP contribution < -0.4 is 10.3 Å². The lowest BCUT2D eigenvalue weighted by Gasteiger charge is -2.20. The van der Waals surface area contributed by atoms with Crippen LogP contribution in [0.2, 0.25) is 0 Å². The van der Waals surface area contributed by atoms with Crippen LogP contribution in [-0.4, -0.2) is 43.7 Å². The Labute approximate surface area is 171 Å². The third kappa shape index (κ3) is 3.66. The second-order valence-corrected chi connectivity index (χ2v) is 6.82. The average Bonchev–Trinajstić information content (AvgIpc) is 3.37. The summed E-state index contributed by atoms with van der Waals surface area (Å²) in [6, 6.07) is 12.7. The van der Waals surface area contributed by atoms with Gasteiger partial charge in [0.1, 0.15) is 23.3 Å². The van der Waals surface area contributed by atoms with Crippen LogP contribution in [0.3, 0.4) is 0 Å². The highest BCUT2D eigenvalue weighted by atomic mass is 19.1. The van der Waals surface area contributed by atoms with Crippen LogP contribution in [-0.2, 0) is 9.59 Å². The summed E-state index contributed by atoms with van der Waals surface area (Å²) in [5.41, 5.74) is 1.39. The molecule has 4 rings (SSSR count). The Hall–Kier alpha value is -3.95. The molecule has 2 heterocycles. The number of Topliss-reactive ketones (excluding diaryl/α,β-unsaturated/α-hetero) is 1. The van der Waals surface area contributed by atoms with E-state index in [1.54, 1.807) is 11.9 Å². The Morgan fingerprint density at radius 3 is 2.60 bits per heavy atom. The van der Waals surface area contributed by atoms with Crippen LogP contribution in [0.25, 0.3) is 5.69 Å². The lowest BCUT2D eigenvalue weighted by Crippen LogP contribution is -2.33. The first-order valence-electron chi connectivity index (χ1n) is 9.22. The first kappa shape index (κ1) is 19.4. The van der Waals surface area contributed by atoms with Crippen LogP contribution in [0.4, 0.5) is 15.8 Å². The zero-order chi connectivity index (χ0) is 21.3. The minimum absolute atomic E-state index is 0.0939. The van der Waals surface area contributed by atoms with Crippen LogP contribution >= 0.6 is 0 Å². The molecule has 1 unspecified atom stereocenters. The van der Waals surface area contributed by atoms with E-state index in [1.807, 2.05) is 30.3 Å². The fourth-order valence-electron chi connectivity index (χ4n) is 3.19. The molecule has 0 radical (unpaired) electrons. The highest BCUT2D eigenvalue weighted by Crippen LogP contribution is 2.26. The number of nitrogens with zero attached hydrogens (tertiary/aromatic N) is 6. The number of anilines is 2. The van der Waals surface area contributed by atoms with Crippen molar-refractivity contribution in [2.24, 2.45) is 5.10 Å². The number of tetrazole rings is 1. The Morgan fingerprint density at radius 1 is 1.17 bits per heavy atom. The van der Waals surface area contributed by atoms with Crippen molar-refractivity contribution < 1.29 is 14.0 Å². The van der Waals surface area contributed by atoms with Crippen LogP contribution in [0.5, 0.6) is 0 Å². The van der Waals surface area contributed by atoms with Gasteiger partial charge < -0.3 is 5.32 Å². The number of nitrogens with one attached hydrogen (secondary N) is 1. The molecule has 0 fully saturated rings. The summed E-state index contributed by atoms with van der Waals surface area (Å²) in [6.07, 6.45) is 0.177. The van der Waals surface area contributed by atoms with Gasteiger partial charge in [0.2, 0.25) is 0 Å². The van der Waals surface area contributed by atoms with Crippen molar-refractivity contribution >= 4 is 28.8 Å². The van der Waals surface area contributed by atoms with Crippen molar-refractivity contribution in [1.29, 1.82) is 0 Å². The smallest absolute Gasteiger partial charge is 0.271 e. The van der Waals surface area contributed by atoms with Crippen molar-refractivity contribution in [2.45, 2.75) is 26.3 Å². The van der Waals surface area contributed by atoms with Gasteiger partial charge in [0, 0.05) is 12.1 Å². The first-order valence-corrected chi connectivity index (χ1v) is 9.22. The number of carbonyl (C=O) groups is 2. The molecule has 0 saturated carbocycles. The number of rotatable bonds is 5. The van der Waals surface area contributed by atoms with Gasteiger partial charge in [0.15, 0.2) is 11.6 Å². The number of benzene rings is 2. The summed E-state index contributed by atoms with van der Waals surface area (Å²) < 4.78 is 15.5. The number of ketones is 1. The summed E-state index contributed by atoms with van der Waals surface area (Å²) >= 11 is 0. The van der Waals surface area contributed by atoms with Crippen LogP contribution in [0.1, 0.15) is 19.2 Å². The molecule has 10 heteroatoms. The molecule has 9 nitrogen and oxygen atoms in total. The minimum atomic E-state index is -0.555. The van der Waals surface area contributed by atoms with E-state index in [4.69, 9.17) is 0 Å². The summed E-state index contributed by atoms with van der Waals surface area (Å²) in [5.74, 6) is -0.692. The Morgan fingerprint density at radius 2 is 1.93 bits per heavy atom. The van der Waals surface area contributed by atoms with Gasteiger partial charge in [-0.1, -0.05) is 18.2 Å². The predicted molar refractivity (Wildman–Crippen MR) is 108 cm³/mol. The molecular weight excluding hydrogens is 389 g/mol. The zero-order valence-corrected chi connectivity index (χ0v) is 16.3.